The monoisotopic (exact) mass is 763 g/mol. The van der Waals surface area contributed by atoms with Gasteiger partial charge in [0.2, 0.25) is 11.9 Å². The molecule has 0 saturated heterocycles. The molecule has 0 aliphatic heterocycles. The van der Waals surface area contributed by atoms with Crippen LogP contribution in [0.15, 0.2) is 121 Å². The number of aromatic carboxylic acids is 1. The summed E-state index contributed by atoms with van der Waals surface area (Å²) in [5.41, 5.74) is 3.73. The third-order valence-electron chi connectivity index (χ3n) is 7.61. The molecule has 6 rings (SSSR count). The molecule has 0 radical (unpaired) electrons. The van der Waals surface area contributed by atoms with Crippen molar-refractivity contribution in [3.63, 3.8) is 0 Å². The normalized spacial score (nSPS) is 11.6. The van der Waals surface area contributed by atoms with Crippen LogP contribution in [0.1, 0.15) is 15.9 Å². The fourth-order valence-corrected chi connectivity index (χ4v) is 5.46. The zero-order valence-electron chi connectivity index (χ0n) is 28.9. The largest absolute Gasteiger partial charge is 0.505 e. The first kappa shape index (κ1) is 37.6. The van der Waals surface area contributed by atoms with Crippen molar-refractivity contribution in [1.82, 2.24) is 15.0 Å². The number of methoxy groups -OCH3 is 1. The Balaban J connectivity index is 1.22. The van der Waals surface area contributed by atoms with E-state index in [1.54, 1.807) is 79.8 Å². The number of aromatic hydroxyl groups is 2. The van der Waals surface area contributed by atoms with Gasteiger partial charge in [-0.15, -0.1) is 14.6 Å². The minimum Gasteiger partial charge on any atom is -0.505 e. The summed E-state index contributed by atoms with van der Waals surface area (Å²) in [6.07, 6.45) is 0. The maximum atomic E-state index is 11.4. The van der Waals surface area contributed by atoms with Gasteiger partial charge in [-0.25, -0.2) is 10.1 Å². The second-order valence-electron chi connectivity index (χ2n) is 11.1. The number of phenols is 1. The van der Waals surface area contributed by atoms with E-state index in [2.05, 4.69) is 65.6 Å². The molecule has 0 fully saturated rings. The van der Waals surface area contributed by atoms with Crippen LogP contribution in [0.4, 0.5) is 51.7 Å². The molecule has 0 bridgehead atoms. The minimum absolute atomic E-state index is 0.0227. The third-order valence-corrected chi connectivity index (χ3v) is 8.23. The van der Waals surface area contributed by atoms with Crippen molar-refractivity contribution in [2.24, 2.45) is 30.7 Å². The summed E-state index contributed by atoms with van der Waals surface area (Å²) in [6.45, 7) is 1.82. The lowest BCUT2D eigenvalue weighted by Gasteiger charge is -2.13. The number of nitrogens with one attached hydrogen (secondary N) is 2. The molecule has 0 unspecified atom stereocenters. The van der Waals surface area contributed by atoms with Crippen molar-refractivity contribution >= 4 is 80.5 Å². The highest BCUT2D eigenvalue weighted by molar-refractivity contribution is 7.94. The number of carbonyl (C=O) groups is 1. The fraction of sp³-hybridized carbons (Fsp3) is 0.0857. The number of ether oxygens (including phenoxy) is 1. The van der Waals surface area contributed by atoms with Gasteiger partial charge in [0.05, 0.1) is 52.4 Å². The molecule has 1 aromatic heterocycles. The van der Waals surface area contributed by atoms with E-state index < -0.39 is 12.0 Å². The summed E-state index contributed by atoms with van der Waals surface area (Å²) in [5.74, 6) is -0.704. The number of carboxylic acids is 1. The molecule has 5 aromatic carbocycles. The van der Waals surface area contributed by atoms with Crippen LogP contribution in [0.5, 0.6) is 17.5 Å². The molecule has 19 nitrogen and oxygen atoms in total. The van der Waals surface area contributed by atoms with Gasteiger partial charge in [0.1, 0.15) is 17.1 Å². The summed E-state index contributed by atoms with van der Waals surface area (Å²) in [7, 11) is 3.08. The molecular weight excluding hydrogens is 735 g/mol. The second kappa shape index (κ2) is 17.1. The molecule has 6 N–H and O–H groups in total. The molecule has 0 aliphatic carbocycles. The molecule has 0 atom stereocenters. The molecule has 0 spiro atoms. The highest BCUT2D eigenvalue weighted by atomic mass is 32.2. The van der Waals surface area contributed by atoms with Gasteiger partial charge in [0.15, 0.2) is 5.75 Å². The van der Waals surface area contributed by atoms with E-state index in [4.69, 9.17) is 15.1 Å². The number of azo groups is 3. The highest BCUT2D eigenvalue weighted by Gasteiger charge is 2.18. The van der Waals surface area contributed by atoms with Crippen molar-refractivity contribution in [2.75, 3.05) is 24.8 Å². The number of aryl methyl sites for hydroxylation is 1. The van der Waals surface area contributed by atoms with Gasteiger partial charge in [-0.3, -0.25) is 0 Å². The van der Waals surface area contributed by atoms with Crippen LogP contribution in [0.25, 0.3) is 10.8 Å². The van der Waals surface area contributed by atoms with Gasteiger partial charge < -0.3 is 30.7 Å². The Hall–Kier alpha value is -7.13. The molecule has 0 aliphatic rings. The number of benzene rings is 5. The van der Waals surface area contributed by atoms with E-state index in [1.165, 1.54) is 19.2 Å². The molecule has 0 amide bonds. The van der Waals surface area contributed by atoms with E-state index in [0.29, 0.717) is 62.7 Å². The van der Waals surface area contributed by atoms with Crippen LogP contribution in [-0.2, 0) is 9.37 Å². The first-order valence-electron chi connectivity index (χ1n) is 15.9. The van der Waals surface area contributed by atoms with E-state index in [9.17, 15) is 15.0 Å². The summed E-state index contributed by atoms with van der Waals surface area (Å²) in [6, 6.07) is 22.3. The number of rotatable bonds is 14. The van der Waals surface area contributed by atoms with Crippen molar-refractivity contribution in [3.8, 4) is 17.5 Å². The van der Waals surface area contributed by atoms with Gasteiger partial charge in [0.25, 0.3) is 0 Å². The number of carboxylic acid groups (broad SMARTS) is 1. The summed E-state index contributed by atoms with van der Waals surface area (Å²) < 4.78 is 10.2. The molecular formula is C35H29N11O8S. The summed E-state index contributed by atoms with van der Waals surface area (Å²) in [5, 5.41) is 75.3. The zero-order valence-corrected chi connectivity index (χ0v) is 29.8. The molecule has 0 saturated carbocycles. The molecule has 1 heterocycles. The van der Waals surface area contributed by atoms with Crippen molar-refractivity contribution < 1.29 is 39.5 Å². The Kier molecular flexibility index (Phi) is 11.7. The van der Waals surface area contributed by atoms with Crippen LogP contribution in [0.2, 0.25) is 0 Å². The number of phenolic OH excluding ortho intramolecular Hbond substituents is 1. The zero-order chi connectivity index (χ0) is 38.9. The first-order chi connectivity index (χ1) is 26.6. The summed E-state index contributed by atoms with van der Waals surface area (Å²) >= 11 is 0.580. The average Bonchev–Trinajstić information content (AvgIpc) is 3.19. The SMILES string of the molecule is CNc1nc(O)nc(Nc2cccc3c(O)c(N=Nc4ccc(N=Nc5ccc(N=Nc6ccc(C(=O)O)cc6)cc5OC)c(C)c4)c(SOOO)cc23)n1. The number of aromatic nitrogens is 3. The maximum absolute atomic E-state index is 11.4. The molecule has 278 valence electrons. The van der Waals surface area contributed by atoms with Gasteiger partial charge in [-0.05, 0) is 79.2 Å². The molecule has 20 heteroatoms. The highest BCUT2D eigenvalue weighted by Crippen LogP contribution is 2.46. The summed E-state index contributed by atoms with van der Waals surface area (Å²) in [4.78, 5) is 23.1. The third kappa shape index (κ3) is 9.09. The Morgan fingerprint density at radius 1 is 0.764 bits per heavy atom. The maximum Gasteiger partial charge on any atom is 0.335 e. The van der Waals surface area contributed by atoms with Gasteiger partial charge in [0, 0.05) is 29.6 Å². The number of fused-ring (bicyclic) bond motifs is 1. The first-order valence-corrected chi connectivity index (χ1v) is 16.6. The molecule has 55 heavy (non-hydrogen) atoms. The Morgan fingerprint density at radius 2 is 1.44 bits per heavy atom. The number of anilines is 3. The van der Waals surface area contributed by atoms with Crippen LogP contribution in [0, 0.1) is 6.92 Å². The second-order valence-corrected chi connectivity index (χ2v) is 11.9. The van der Waals surface area contributed by atoms with E-state index >= 15 is 0 Å². The van der Waals surface area contributed by atoms with Gasteiger partial charge >= 0.3 is 12.0 Å². The Bertz CT molecular complexity index is 2470. The predicted molar refractivity (Wildman–Crippen MR) is 201 cm³/mol. The lowest BCUT2D eigenvalue weighted by Crippen LogP contribution is -2.03. The van der Waals surface area contributed by atoms with Crippen molar-refractivity contribution in [2.45, 2.75) is 11.8 Å². The van der Waals surface area contributed by atoms with Gasteiger partial charge in [-0.2, -0.15) is 35.4 Å². The number of hydrogen-bond donors (Lipinski definition) is 6. The number of nitrogens with zero attached hydrogens (tertiary/aromatic N) is 9. The van der Waals surface area contributed by atoms with Gasteiger partial charge in [-0.1, -0.05) is 17.2 Å². The van der Waals surface area contributed by atoms with Crippen LogP contribution in [-0.4, -0.2) is 55.7 Å². The molecule has 6 aromatic rings. The quantitative estimate of drug-likeness (QED) is 0.0261. The topological polar surface area (TPSA) is 263 Å². The van der Waals surface area contributed by atoms with Crippen LogP contribution < -0.4 is 15.4 Å². The smallest absolute Gasteiger partial charge is 0.335 e. The lowest BCUT2D eigenvalue weighted by molar-refractivity contribution is -0.432. The van der Waals surface area contributed by atoms with Crippen molar-refractivity contribution in [1.29, 1.82) is 0 Å². The Labute approximate surface area is 315 Å². The fourth-order valence-electron chi connectivity index (χ4n) is 4.97. The van der Waals surface area contributed by atoms with E-state index in [-0.39, 0.29) is 33.8 Å². The predicted octanol–water partition coefficient (Wildman–Crippen LogP) is 9.91. The van der Waals surface area contributed by atoms with Crippen LogP contribution in [0.3, 0.4) is 0 Å². The van der Waals surface area contributed by atoms with E-state index in [1.807, 2.05) is 6.92 Å². The Morgan fingerprint density at radius 3 is 2.15 bits per heavy atom. The van der Waals surface area contributed by atoms with Crippen LogP contribution >= 0.6 is 12.0 Å². The number of hydrogen-bond acceptors (Lipinski definition) is 19. The standard InChI is InChI=1S/C35H29N11O8S/c1-18-15-21(11-13-25(18)44-45-27-14-12-22(16-28(27)52-3)42-41-20-9-7-19(8-10-20)32(48)49)43-46-30-29(55-54-53-51)17-24-23(31(30)47)5-4-6-26(24)37-34-38-33(36-2)39-35(50)40-34/h4-17,47,51H,1-3H3,(H,48,49)(H3,36,37,38,39,40,50). The average molecular weight is 764 g/mol. The lowest BCUT2D eigenvalue weighted by atomic mass is 10.1. The minimum atomic E-state index is -1.03. The van der Waals surface area contributed by atoms with Crippen molar-refractivity contribution in [3.05, 3.63) is 96.1 Å². The van der Waals surface area contributed by atoms with E-state index in [0.717, 1.165) is 5.56 Å².